The van der Waals surface area contributed by atoms with Gasteiger partial charge in [-0.15, -0.1) is 0 Å². The van der Waals surface area contributed by atoms with E-state index in [1.165, 1.54) is 0 Å². The molecular weight excluding hydrogens is 212 g/mol. The van der Waals surface area contributed by atoms with Crippen molar-refractivity contribution in [2.24, 2.45) is 10.8 Å². The van der Waals surface area contributed by atoms with Gasteiger partial charge in [-0.25, -0.2) is 5.84 Å². The Bertz CT molecular complexity index is 536. The molecule has 86 valence electrons. The Morgan fingerprint density at radius 3 is 2.53 bits per heavy atom. The van der Waals surface area contributed by atoms with E-state index < -0.39 is 0 Å². The average Bonchev–Trinajstić information content (AvgIpc) is 2.38. The van der Waals surface area contributed by atoms with E-state index in [4.69, 9.17) is 11.6 Å². The summed E-state index contributed by atoms with van der Waals surface area (Å²) < 4.78 is 0. The molecular formula is C13H14N4. The molecule has 0 bridgehead atoms. The minimum absolute atomic E-state index is 0.669. The van der Waals surface area contributed by atoms with Crippen LogP contribution >= 0.6 is 0 Å². The van der Waals surface area contributed by atoms with Crippen LogP contribution in [0.15, 0.2) is 53.5 Å². The Morgan fingerprint density at radius 1 is 1.06 bits per heavy atom. The quantitative estimate of drug-likeness (QED) is 0.366. The summed E-state index contributed by atoms with van der Waals surface area (Å²) in [5, 5.41) is 1.54. The van der Waals surface area contributed by atoms with Crippen molar-refractivity contribution in [2.75, 3.05) is 10.7 Å². The van der Waals surface area contributed by atoms with Crippen LogP contribution in [0.25, 0.3) is 0 Å². The number of nitrogens with two attached hydrogens (primary N) is 2. The zero-order valence-corrected chi connectivity index (χ0v) is 9.38. The van der Waals surface area contributed by atoms with Crippen LogP contribution in [-0.4, -0.2) is 6.72 Å². The van der Waals surface area contributed by atoms with E-state index in [1.807, 2.05) is 42.5 Å². The fraction of sp³-hybridized carbons (Fsp3) is 0. The number of nitrogen functional groups attached to an aromatic ring is 1. The first-order valence-electron chi connectivity index (χ1n) is 5.18. The van der Waals surface area contributed by atoms with Crippen molar-refractivity contribution in [2.45, 2.75) is 0 Å². The van der Waals surface area contributed by atoms with Crippen molar-refractivity contribution in [3.8, 4) is 0 Å². The normalized spacial score (nSPS) is 9.94. The highest BCUT2D eigenvalue weighted by Gasteiger charge is 2.08. The molecule has 0 aliphatic carbocycles. The van der Waals surface area contributed by atoms with Gasteiger partial charge in [-0.2, -0.15) is 0 Å². The summed E-state index contributed by atoms with van der Waals surface area (Å²) in [7, 11) is 0. The molecule has 0 saturated carbocycles. The van der Waals surface area contributed by atoms with Gasteiger partial charge in [0.05, 0.1) is 17.1 Å². The Labute approximate surface area is 100 Å². The molecule has 0 radical (unpaired) electrons. The topological polar surface area (TPSA) is 67.6 Å². The van der Waals surface area contributed by atoms with Crippen LogP contribution in [0.4, 0.5) is 22.7 Å². The fourth-order valence-electron chi connectivity index (χ4n) is 1.62. The summed E-state index contributed by atoms with van der Waals surface area (Å²) in [6, 6.07) is 14.9. The Kier molecular flexibility index (Phi) is 3.07. The molecule has 0 fully saturated rings. The van der Waals surface area contributed by atoms with E-state index in [0.29, 0.717) is 5.69 Å². The predicted octanol–water partition coefficient (Wildman–Crippen LogP) is 2.61. The number of hydrazine groups is 1. The Balaban J connectivity index is 2.43. The molecule has 0 atom stereocenters. The molecule has 4 nitrogen and oxygen atoms in total. The zero-order chi connectivity index (χ0) is 12.3. The first-order valence-corrected chi connectivity index (χ1v) is 5.18. The third kappa shape index (κ3) is 2.26. The van der Waals surface area contributed by atoms with E-state index in [9.17, 15) is 0 Å². The second kappa shape index (κ2) is 4.67. The molecule has 4 N–H and O–H groups in total. The molecule has 0 unspecified atom stereocenters. The Hall–Kier alpha value is -2.33. The highest BCUT2D eigenvalue weighted by atomic mass is 15.4. The van der Waals surface area contributed by atoms with Crippen LogP contribution in [0, 0.1) is 0 Å². The number of aliphatic imine (C=N–C) groups is 1. The molecule has 0 spiro atoms. The van der Waals surface area contributed by atoms with Crippen molar-refractivity contribution in [1.29, 1.82) is 0 Å². The maximum Gasteiger partial charge on any atom is 0.0874 e. The van der Waals surface area contributed by atoms with Crippen molar-refractivity contribution in [1.82, 2.24) is 0 Å². The van der Waals surface area contributed by atoms with Gasteiger partial charge in [-0.1, -0.05) is 18.2 Å². The molecule has 17 heavy (non-hydrogen) atoms. The van der Waals surface area contributed by atoms with Crippen LogP contribution in [0.1, 0.15) is 0 Å². The lowest BCUT2D eigenvalue weighted by atomic mass is 10.2. The van der Waals surface area contributed by atoms with E-state index >= 15 is 0 Å². The predicted molar refractivity (Wildman–Crippen MR) is 72.8 cm³/mol. The van der Waals surface area contributed by atoms with E-state index in [-0.39, 0.29) is 0 Å². The molecule has 2 aromatic rings. The van der Waals surface area contributed by atoms with Crippen molar-refractivity contribution in [3.63, 3.8) is 0 Å². The van der Waals surface area contributed by atoms with Crippen molar-refractivity contribution < 1.29 is 0 Å². The Morgan fingerprint density at radius 2 is 1.82 bits per heavy atom. The van der Waals surface area contributed by atoms with E-state index in [0.717, 1.165) is 17.1 Å². The third-order valence-corrected chi connectivity index (χ3v) is 2.46. The summed E-state index contributed by atoms with van der Waals surface area (Å²) in [5.74, 6) is 6.05. The van der Waals surface area contributed by atoms with Crippen LogP contribution in [0.5, 0.6) is 0 Å². The summed E-state index contributed by atoms with van der Waals surface area (Å²) in [6.07, 6.45) is 0. The smallest absolute Gasteiger partial charge is 0.0874 e. The lowest BCUT2D eigenvalue weighted by Crippen LogP contribution is -2.24. The van der Waals surface area contributed by atoms with Crippen molar-refractivity contribution in [3.05, 3.63) is 48.5 Å². The monoisotopic (exact) mass is 226 g/mol. The highest BCUT2D eigenvalue weighted by molar-refractivity contribution is 5.75. The number of nitrogens with zero attached hydrogens (tertiary/aromatic N) is 2. The summed E-state index contributed by atoms with van der Waals surface area (Å²) in [5.41, 5.74) is 8.72. The maximum atomic E-state index is 6.05. The molecule has 0 aliphatic rings. The minimum Gasteiger partial charge on any atom is -0.399 e. The van der Waals surface area contributed by atoms with Gasteiger partial charge < -0.3 is 5.73 Å². The summed E-state index contributed by atoms with van der Waals surface area (Å²) in [4.78, 5) is 3.94. The standard InChI is InChI=1S/C13H14N4/c1-16-12-7-2-3-8-13(12)17(15)11-6-4-5-10(14)9-11/h2-9H,1,14-15H2. The number of rotatable bonds is 3. The van der Waals surface area contributed by atoms with Gasteiger partial charge in [0.2, 0.25) is 0 Å². The maximum absolute atomic E-state index is 6.05. The highest BCUT2D eigenvalue weighted by Crippen LogP contribution is 2.31. The second-order valence-corrected chi connectivity index (χ2v) is 3.61. The van der Waals surface area contributed by atoms with Gasteiger partial charge in [0.15, 0.2) is 0 Å². The molecule has 4 heteroatoms. The van der Waals surface area contributed by atoms with Crippen molar-refractivity contribution >= 4 is 29.5 Å². The molecule has 0 heterocycles. The number of hydrogen-bond acceptors (Lipinski definition) is 4. The summed E-state index contributed by atoms with van der Waals surface area (Å²) in [6.45, 7) is 3.53. The molecule has 2 rings (SSSR count). The molecule has 0 saturated heterocycles. The fourth-order valence-corrected chi connectivity index (χ4v) is 1.62. The molecule has 0 aromatic heterocycles. The second-order valence-electron chi connectivity index (χ2n) is 3.61. The average molecular weight is 226 g/mol. The molecule has 0 amide bonds. The summed E-state index contributed by atoms with van der Waals surface area (Å²) >= 11 is 0. The van der Waals surface area contributed by atoms with Crippen LogP contribution in [-0.2, 0) is 0 Å². The van der Waals surface area contributed by atoms with Crippen LogP contribution in [0.2, 0.25) is 0 Å². The molecule has 2 aromatic carbocycles. The third-order valence-electron chi connectivity index (χ3n) is 2.46. The van der Waals surface area contributed by atoms with E-state index in [2.05, 4.69) is 11.7 Å². The van der Waals surface area contributed by atoms with E-state index in [1.54, 1.807) is 11.1 Å². The zero-order valence-electron chi connectivity index (χ0n) is 9.38. The first-order chi connectivity index (χ1) is 8.22. The van der Waals surface area contributed by atoms with Crippen LogP contribution < -0.4 is 16.6 Å². The van der Waals surface area contributed by atoms with Gasteiger partial charge in [0.25, 0.3) is 0 Å². The van der Waals surface area contributed by atoms with Gasteiger partial charge in [-0.3, -0.25) is 10.0 Å². The molecule has 0 aliphatic heterocycles. The minimum atomic E-state index is 0.669. The van der Waals surface area contributed by atoms with Gasteiger partial charge >= 0.3 is 0 Å². The SMILES string of the molecule is C=Nc1ccccc1N(N)c1cccc(N)c1. The van der Waals surface area contributed by atoms with Crippen LogP contribution in [0.3, 0.4) is 0 Å². The largest absolute Gasteiger partial charge is 0.399 e. The lowest BCUT2D eigenvalue weighted by Gasteiger charge is -2.20. The number of hydrogen-bond donors (Lipinski definition) is 2. The number of anilines is 3. The number of para-hydroxylation sites is 2. The van der Waals surface area contributed by atoms with Gasteiger partial charge in [-0.05, 0) is 37.0 Å². The lowest BCUT2D eigenvalue weighted by molar-refractivity contribution is 1.09. The van der Waals surface area contributed by atoms with Gasteiger partial charge in [0, 0.05) is 5.69 Å². The van der Waals surface area contributed by atoms with Gasteiger partial charge in [0.1, 0.15) is 0 Å². The first kappa shape index (κ1) is 11.2. The number of benzene rings is 2.